The Balaban J connectivity index is 1.34. The highest BCUT2D eigenvalue weighted by molar-refractivity contribution is 6.00. The predicted octanol–water partition coefficient (Wildman–Crippen LogP) is 3.90. The molecule has 1 saturated carbocycles. The van der Waals surface area contributed by atoms with Gasteiger partial charge in [0.25, 0.3) is 0 Å². The van der Waals surface area contributed by atoms with Gasteiger partial charge in [0.15, 0.2) is 11.6 Å². The van der Waals surface area contributed by atoms with Gasteiger partial charge < -0.3 is 24.9 Å². The number of nitrogens with one attached hydrogen (secondary N) is 2. The van der Waals surface area contributed by atoms with E-state index in [9.17, 15) is 22.8 Å². The maximum absolute atomic E-state index is 14.4. The number of carbonyl (C=O) groups excluding carboxylic acids is 1. The molecule has 1 aliphatic carbocycles. The zero-order valence-electron chi connectivity index (χ0n) is 17.4. The predicted molar refractivity (Wildman–Crippen MR) is 110 cm³/mol. The molecule has 0 aliphatic heterocycles. The Morgan fingerprint density at radius 1 is 1.03 bits per heavy atom. The second-order valence-corrected chi connectivity index (χ2v) is 7.54. The van der Waals surface area contributed by atoms with Crippen LogP contribution in [-0.4, -0.2) is 38.3 Å². The van der Waals surface area contributed by atoms with Crippen LogP contribution in [0.1, 0.15) is 36.4 Å². The molecule has 4 rings (SSSR count). The lowest BCUT2D eigenvalue weighted by atomic mass is 9.87. The van der Waals surface area contributed by atoms with Crippen molar-refractivity contribution in [3.8, 4) is 5.88 Å². The first-order valence-corrected chi connectivity index (χ1v) is 10.2. The lowest BCUT2D eigenvalue weighted by Crippen LogP contribution is -2.28. The molecule has 34 heavy (non-hydrogen) atoms. The molecule has 0 unspecified atom stereocenters. The number of anilines is 3. The highest BCUT2D eigenvalue weighted by atomic mass is 19.2. The van der Waals surface area contributed by atoms with E-state index in [2.05, 4.69) is 25.8 Å². The normalized spacial score (nSPS) is 17.7. The van der Waals surface area contributed by atoms with Gasteiger partial charge in [-0.3, -0.25) is 9.59 Å². The first-order valence-electron chi connectivity index (χ1n) is 10.2. The van der Waals surface area contributed by atoms with Gasteiger partial charge in [0, 0.05) is 17.8 Å². The highest BCUT2D eigenvalue weighted by Crippen LogP contribution is 2.28. The summed E-state index contributed by atoms with van der Waals surface area (Å²) in [6, 6.07) is 5.33. The van der Waals surface area contributed by atoms with E-state index in [1.54, 1.807) is 0 Å². The molecule has 2 heterocycles. The summed E-state index contributed by atoms with van der Waals surface area (Å²) in [5, 5.41) is 20.9. The van der Waals surface area contributed by atoms with E-state index in [1.807, 2.05) is 0 Å². The number of aromatic nitrogens is 3. The summed E-state index contributed by atoms with van der Waals surface area (Å²) in [5.74, 6) is -5.81. The van der Waals surface area contributed by atoms with Gasteiger partial charge in [-0.1, -0.05) is 5.10 Å². The van der Waals surface area contributed by atoms with Gasteiger partial charge in [-0.05, 0) is 43.9 Å². The Labute approximate surface area is 190 Å². The third-order valence-corrected chi connectivity index (χ3v) is 5.17. The fourth-order valence-electron chi connectivity index (χ4n) is 3.41. The molecule has 0 spiro atoms. The number of aliphatic carboxylic acids is 1. The largest absolute Gasteiger partial charge is 0.481 e. The van der Waals surface area contributed by atoms with Crippen LogP contribution in [0.5, 0.6) is 5.88 Å². The number of nitrogens with zero attached hydrogens (tertiary/aromatic N) is 3. The van der Waals surface area contributed by atoms with Crippen molar-refractivity contribution in [2.24, 2.45) is 5.92 Å². The van der Waals surface area contributed by atoms with Crippen molar-refractivity contribution in [1.29, 1.82) is 0 Å². The fraction of sp³-hybridized carbons (Fsp3) is 0.286. The van der Waals surface area contributed by atoms with Crippen molar-refractivity contribution in [3.63, 3.8) is 0 Å². The molecule has 0 radical (unpaired) electrons. The van der Waals surface area contributed by atoms with Gasteiger partial charge in [-0.25, -0.2) is 8.78 Å². The number of amides is 1. The second-order valence-electron chi connectivity index (χ2n) is 7.54. The third-order valence-electron chi connectivity index (χ3n) is 5.17. The summed E-state index contributed by atoms with van der Waals surface area (Å²) < 4.78 is 51.4. The third kappa shape index (κ3) is 5.42. The maximum Gasteiger partial charge on any atom is 0.320 e. The molecule has 0 atom stereocenters. The van der Waals surface area contributed by atoms with Crippen LogP contribution in [0.25, 0.3) is 0 Å². The molecule has 1 aliphatic rings. The molecular formula is C21H18F3N5O5. The van der Waals surface area contributed by atoms with Gasteiger partial charge in [-0.15, -0.1) is 5.10 Å². The highest BCUT2D eigenvalue weighted by Gasteiger charge is 2.27. The van der Waals surface area contributed by atoms with Gasteiger partial charge in [0.05, 0.1) is 11.6 Å². The Morgan fingerprint density at radius 3 is 2.47 bits per heavy atom. The molecule has 1 amide bonds. The smallest absolute Gasteiger partial charge is 0.320 e. The van der Waals surface area contributed by atoms with Crippen molar-refractivity contribution in [2.45, 2.75) is 31.8 Å². The second kappa shape index (κ2) is 9.77. The molecule has 0 bridgehead atoms. The van der Waals surface area contributed by atoms with Crippen molar-refractivity contribution in [1.82, 2.24) is 15.2 Å². The quantitative estimate of drug-likeness (QED) is 0.432. The Kier molecular flexibility index (Phi) is 6.61. The number of ether oxygens (including phenoxy) is 1. The molecule has 3 aromatic rings. The van der Waals surface area contributed by atoms with Crippen LogP contribution >= 0.6 is 0 Å². The first-order chi connectivity index (χ1) is 16.3. The van der Waals surface area contributed by atoms with Crippen molar-refractivity contribution < 1.29 is 37.0 Å². The molecule has 1 aromatic carbocycles. The van der Waals surface area contributed by atoms with Crippen LogP contribution in [0.15, 0.2) is 34.7 Å². The van der Waals surface area contributed by atoms with Crippen LogP contribution in [0, 0.1) is 23.5 Å². The molecular weight excluding hydrogens is 459 g/mol. The van der Waals surface area contributed by atoms with Crippen LogP contribution in [0.3, 0.4) is 0 Å². The Bertz CT molecular complexity index is 1210. The summed E-state index contributed by atoms with van der Waals surface area (Å²) in [7, 11) is 0. The monoisotopic (exact) mass is 477 g/mol. The number of halogens is 3. The average molecular weight is 477 g/mol. The molecule has 178 valence electrons. The Hall–Kier alpha value is -4.16. The topological polar surface area (TPSA) is 139 Å². The molecule has 3 N–H and O–H groups in total. The van der Waals surface area contributed by atoms with E-state index >= 15 is 0 Å². The Morgan fingerprint density at radius 2 is 1.79 bits per heavy atom. The van der Waals surface area contributed by atoms with E-state index in [0.29, 0.717) is 25.7 Å². The van der Waals surface area contributed by atoms with Crippen LogP contribution < -0.4 is 15.4 Å². The van der Waals surface area contributed by atoms with E-state index in [4.69, 9.17) is 14.3 Å². The fourth-order valence-corrected chi connectivity index (χ4v) is 3.41. The van der Waals surface area contributed by atoms with Gasteiger partial charge in [-0.2, -0.15) is 9.37 Å². The minimum atomic E-state index is -1.09. The lowest BCUT2D eigenvalue weighted by Gasteiger charge is -2.26. The van der Waals surface area contributed by atoms with Crippen LogP contribution in [0.4, 0.5) is 30.6 Å². The number of carboxylic acid groups (broad SMARTS) is 1. The number of hydrogen-bond acceptors (Lipinski definition) is 8. The molecule has 0 saturated heterocycles. The SMILES string of the molecule is O=C(Nc1ccc(O[C@H]2CC[C@H](C(=O)O)CC2)nc1F)c1nnc(Nc2ccc(F)c(F)c2)o1. The average Bonchev–Trinajstić information content (AvgIpc) is 3.27. The van der Waals surface area contributed by atoms with E-state index < -0.39 is 41.3 Å². The lowest BCUT2D eigenvalue weighted by molar-refractivity contribution is -0.143. The summed E-state index contributed by atoms with van der Waals surface area (Å²) in [6.07, 6.45) is 1.68. The van der Waals surface area contributed by atoms with Crippen molar-refractivity contribution in [2.75, 3.05) is 10.6 Å². The number of rotatable bonds is 7. The number of pyridine rings is 1. The molecule has 2 aromatic heterocycles. The van der Waals surface area contributed by atoms with E-state index in [0.717, 1.165) is 12.1 Å². The van der Waals surface area contributed by atoms with Gasteiger partial charge in [0.2, 0.25) is 11.8 Å². The summed E-state index contributed by atoms with van der Waals surface area (Å²) in [5.41, 5.74) is -0.156. The van der Waals surface area contributed by atoms with Gasteiger partial charge >= 0.3 is 23.8 Å². The molecule has 13 heteroatoms. The van der Waals surface area contributed by atoms with E-state index in [-0.39, 0.29) is 29.4 Å². The first kappa shape index (κ1) is 23.0. The number of carboxylic acids is 1. The summed E-state index contributed by atoms with van der Waals surface area (Å²) >= 11 is 0. The number of carbonyl (C=O) groups is 2. The zero-order chi connectivity index (χ0) is 24.2. The van der Waals surface area contributed by atoms with E-state index in [1.165, 1.54) is 18.2 Å². The minimum Gasteiger partial charge on any atom is -0.481 e. The summed E-state index contributed by atoms with van der Waals surface area (Å²) in [4.78, 5) is 27.0. The van der Waals surface area contributed by atoms with Crippen molar-refractivity contribution in [3.05, 3.63) is 53.8 Å². The zero-order valence-corrected chi connectivity index (χ0v) is 17.4. The van der Waals surface area contributed by atoms with Crippen molar-refractivity contribution >= 4 is 29.3 Å². The maximum atomic E-state index is 14.4. The summed E-state index contributed by atoms with van der Waals surface area (Å²) in [6.45, 7) is 0. The number of hydrogen-bond donors (Lipinski definition) is 3. The molecule has 1 fully saturated rings. The molecule has 10 nitrogen and oxygen atoms in total. The van der Waals surface area contributed by atoms with Crippen LogP contribution in [0.2, 0.25) is 0 Å². The van der Waals surface area contributed by atoms with Crippen LogP contribution in [-0.2, 0) is 4.79 Å². The number of benzene rings is 1. The minimum absolute atomic E-state index is 0.00470. The van der Waals surface area contributed by atoms with Gasteiger partial charge in [0.1, 0.15) is 6.10 Å². The standard InChI is InChI=1S/C21H18F3N5O5/c22-13-6-3-11(9-14(13)23)25-21-29-28-19(34-21)18(30)26-15-7-8-16(27-17(15)24)33-12-4-1-10(2-5-12)20(31)32/h3,6-10,12H,1-2,4-5H2,(H,25,29)(H,26,30)(H,31,32)/t10-,12-.